The van der Waals surface area contributed by atoms with Crippen molar-refractivity contribution >= 4 is 5.69 Å². The Kier molecular flexibility index (Phi) is 3.57. The number of piperidine rings is 1. The normalized spacial score (nSPS) is 20.0. The Bertz CT molecular complexity index is 693. The van der Waals surface area contributed by atoms with Crippen LogP contribution in [0.15, 0.2) is 42.7 Å². The Morgan fingerprint density at radius 1 is 1.22 bits per heavy atom. The van der Waals surface area contributed by atoms with Gasteiger partial charge in [0, 0.05) is 43.6 Å². The van der Waals surface area contributed by atoms with Gasteiger partial charge in [0.25, 0.3) is 0 Å². The number of anilines is 1. The molecule has 2 aliphatic heterocycles. The van der Waals surface area contributed by atoms with Gasteiger partial charge in [-0.05, 0) is 61.3 Å². The topological polar surface area (TPSA) is 19.4 Å². The second-order valence-electron chi connectivity index (χ2n) is 6.94. The van der Waals surface area contributed by atoms with Crippen LogP contribution in [0.4, 0.5) is 10.1 Å². The number of aromatic nitrogens is 1. The molecule has 4 heteroatoms. The van der Waals surface area contributed by atoms with Crippen molar-refractivity contribution < 1.29 is 4.39 Å². The van der Waals surface area contributed by atoms with Gasteiger partial charge in [-0.3, -0.25) is 9.88 Å². The van der Waals surface area contributed by atoms with Gasteiger partial charge >= 0.3 is 0 Å². The minimum atomic E-state index is -0.115. The van der Waals surface area contributed by atoms with Crippen LogP contribution in [0.25, 0.3) is 0 Å². The molecule has 1 spiro atoms. The molecule has 1 aromatic carbocycles. The molecular weight excluding hydrogens is 289 g/mol. The molecule has 23 heavy (non-hydrogen) atoms. The number of nitrogens with zero attached hydrogens (tertiary/aromatic N) is 3. The van der Waals surface area contributed by atoms with Crippen molar-refractivity contribution in [1.29, 1.82) is 0 Å². The summed E-state index contributed by atoms with van der Waals surface area (Å²) < 4.78 is 13.8. The molecule has 120 valence electrons. The summed E-state index contributed by atoms with van der Waals surface area (Å²) in [4.78, 5) is 8.96. The first-order valence-electron chi connectivity index (χ1n) is 8.29. The molecular formula is C19H22FN3. The van der Waals surface area contributed by atoms with Gasteiger partial charge in [-0.2, -0.15) is 0 Å². The first kappa shape index (κ1) is 14.6. The van der Waals surface area contributed by atoms with E-state index < -0.39 is 0 Å². The number of likely N-dealkylation sites (tertiary alicyclic amines) is 1. The summed E-state index contributed by atoms with van der Waals surface area (Å²) in [6, 6.07) is 9.39. The number of hydrogen-bond acceptors (Lipinski definition) is 3. The minimum absolute atomic E-state index is 0.115. The average Bonchev–Trinajstić information content (AvgIpc) is 2.83. The zero-order chi connectivity index (χ0) is 15.9. The van der Waals surface area contributed by atoms with Gasteiger partial charge < -0.3 is 4.90 Å². The largest absolute Gasteiger partial charge is 0.373 e. The fourth-order valence-electron chi connectivity index (χ4n) is 4.21. The summed E-state index contributed by atoms with van der Waals surface area (Å²) in [7, 11) is 2.12. The Morgan fingerprint density at radius 2 is 2.04 bits per heavy atom. The molecule has 0 N–H and O–H groups in total. The lowest BCUT2D eigenvalue weighted by Gasteiger charge is -2.39. The fraction of sp³-hybridized carbons (Fsp3) is 0.421. The Morgan fingerprint density at radius 3 is 2.78 bits per heavy atom. The summed E-state index contributed by atoms with van der Waals surface area (Å²) in [5.74, 6) is -0.115. The Balaban J connectivity index is 1.51. The van der Waals surface area contributed by atoms with Crippen LogP contribution >= 0.6 is 0 Å². The molecule has 0 atom stereocenters. The number of fused-ring (bicyclic) bond motifs is 2. The number of halogens is 1. The maximum atomic E-state index is 13.8. The highest BCUT2D eigenvalue weighted by Crippen LogP contribution is 2.46. The number of rotatable bonds is 2. The molecule has 4 rings (SSSR count). The van der Waals surface area contributed by atoms with Crippen molar-refractivity contribution in [3.63, 3.8) is 0 Å². The third kappa shape index (κ3) is 2.61. The van der Waals surface area contributed by atoms with Crippen LogP contribution < -0.4 is 4.90 Å². The molecule has 1 fully saturated rings. The van der Waals surface area contributed by atoms with Crippen LogP contribution in [0.5, 0.6) is 0 Å². The van der Waals surface area contributed by atoms with Crippen molar-refractivity contribution in [3.8, 4) is 0 Å². The van der Waals surface area contributed by atoms with Crippen LogP contribution in [-0.2, 0) is 12.0 Å². The number of likely N-dealkylation sites (N-methyl/N-ethyl adjacent to an activating group) is 1. The fourth-order valence-corrected chi connectivity index (χ4v) is 4.21. The molecule has 0 unspecified atom stereocenters. The van der Waals surface area contributed by atoms with Gasteiger partial charge in [-0.15, -0.1) is 0 Å². The lowest BCUT2D eigenvalue weighted by atomic mass is 9.74. The number of benzene rings is 1. The quantitative estimate of drug-likeness (QED) is 0.849. The first-order valence-corrected chi connectivity index (χ1v) is 8.29. The third-order valence-corrected chi connectivity index (χ3v) is 5.42. The minimum Gasteiger partial charge on any atom is -0.373 e. The summed E-state index contributed by atoms with van der Waals surface area (Å²) in [5.41, 5.74) is 3.80. The second-order valence-corrected chi connectivity index (χ2v) is 6.94. The maximum absolute atomic E-state index is 13.8. The molecule has 0 saturated carbocycles. The van der Waals surface area contributed by atoms with Gasteiger partial charge in [0.1, 0.15) is 5.82 Å². The van der Waals surface area contributed by atoms with Gasteiger partial charge in [0.15, 0.2) is 0 Å². The maximum Gasteiger partial charge on any atom is 0.123 e. The van der Waals surface area contributed by atoms with Crippen molar-refractivity contribution in [2.75, 3.05) is 31.6 Å². The molecule has 2 aliphatic rings. The van der Waals surface area contributed by atoms with Crippen LogP contribution in [0.1, 0.15) is 24.0 Å². The zero-order valence-electron chi connectivity index (χ0n) is 13.5. The van der Waals surface area contributed by atoms with E-state index in [1.54, 1.807) is 12.1 Å². The highest BCUT2D eigenvalue weighted by atomic mass is 19.1. The van der Waals surface area contributed by atoms with Crippen molar-refractivity contribution in [3.05, 3.63) is 59.7 Å². The van der Waals surface area contributed by atoms with Crippen LogP contribution in [0.3, 0.4) is 0 Å². The molecule has 2 aromatic rings. The van der Waals surface area contributed by atoms with E-state index in [0.29, 0.717) is 0 Å². The first-order chi connectivity index (χ1) is 11.2. The molecule has 0 amide bonds. The standard InChI is InChI=1S/C19H22FN3/c1-22-14-19(17-11-16(20)4-5-18(17)22)6-9-23(10-7-19)13-15-3-2-8-21-12-15/h2-5,8,11-12H,6-7,9-10,13-14H2,1H3. The van der Waals surface area contributed by atoms with Crippen molar-refractivity contribution in [2.24, 2.45) is 0 Å². The highest BCUT2D eigenvalue weighted by Gasteiger charge is 2.43. The predicted octanol–water partition coefficient (Wildman–Crippen LogP) is 3.20. The van der Waals surface area contributed by atoms with Gasteiger partial charge in [-0.1, -0.05) is 6.07 Å². The Hall–Kier alpha value is -1.94. The van der Waals surface area contributed by atoms with E-state index in [1.807, 2.05) is 24.5 Å². The van der Waals surface area contributed by atoms with Crippen LogP contribution in [0, 0.1) is 5.82 Å². The molecule has 0 aliphatic carbocycles. The molecule has 0 bridgehead atoms. The van der Waals surface area contributed by atoms with Gasteiger partial charge in [0.2, 0.25) is 0 Å². The lowest BCUT2D eigenvalue weighted by molar-refractivity contribution is 0.160. The highest BCUT2D eigenvalue weighted by molar-refractivity contribution is 5.62. The van der Waals surface area contributed by atoms with E-state index in [0.717, 1.165) is 39.0 Å². The smallest absolute Gasteiger partial charge is 0.123 e. The van der Waals surface area contributed by atoms with Crippen LogP contribution in [-0.4, -0.2) is 36.6 Å². The molecule has 1 saturated heterocycles. The molecule has 3 nitrogen and oxygen atoms in total. The van der Waals surface area contributed by atoms with E-state index in [1.165, 1.54) is 16.8 Å². The van der Waals surface area contributed by atoms with E-state index in [-0.39, 0.29) is 11.2 Å². The SMILES string of the molecule is CN1CC2(CCN(Cc3cccnc3)CC2)c2cc(F)ccc21. The summed E-state index contributed by atoms with van der Waals surface area (Å²) in [6.07, 6.45) is 5.94. The second kappa shape index (κ2) is 5.60. The molecule has 1 aromatic heterocycles. The third-order valence-electron chi connectivity index (χ3n) is 5.42. The molecule has 3 heterocycles. The van der Waals surface area contributed by atoms with Crippen molar-refractivity contribution in [2.45, 2.75) is 24.8 Å². The Labute approximate surface area is 136 Å². The van der Waals surface area contributed by atoms with E-state index in [2.05, 4.69) is 27.9 Å². The molecule has 0 radical (unpaired) electrons. The van der Waals surface area contributed by atoms with Crippen molar-refractivity contribution in [1.82, 2.24) is 9.88 Å². The van der Waals surface area contributed by atoms with Gasteiger partial charge in [-0.25, -0.2) is 4.39 Å². The van der Waals surface area contributed by atoms with Gasteiger partial charge in [0.05, 0.1) is 0 Å². The van der Waals surface area contributed by atoms with E-state index >= 15 is 0 Å². The lowest BCUT2D eigenvalue weighted by Crippen LogP contribution is -2.44. The monoisotopic (exact) mass is 311 g/mol. The summed E-state index contributed by atoms with van der Waals surface area (Å²) in [6.45, 7) is 4.07. The predicted molar refractivity (Wildman–Crippen MR) is 90.1 cm³/mol. The average molecular weight is 311 g/mol. The zero-order valence-corrected chi connectivity index (χ0v) is 13.5. The van der Waals surface area contributed by atoms with E-state index in [9.17, 15) is 4.39 Å². The number of pyridine rings is 1. The van der Waals surface area contributed by atoms with E-state index in [4.69, 9.17) is 0 Å². The number of hydrogen-bond donors (Lipinski definition) is 0. The van der Waals surface area contributed by atoms with Crippen LogP contribution in [0.2, 0.25) is 0 Å². The summed E-state index contributed by atoms with van der Waals surface area (Å²) >= 11 is 0. The summed E-state index contributed by atoms with van der Waals surface area (Å²) in [5, 5.41) is 0.